The van der Waals surface area contributed by atoms with E-state index in [4.69, 9.17) is 9.47 Å². The van der Waals surface area contributed by atoms with Gasteiger partial charge in [-0.2, -0.15) is 0 Å². The third-order valence-electron chi connectivity index (χ3n) is 2.28. The zero-order chi connectivity index (χ0) is 13.5. The lowest BCUT2D eigenvalue weighted by Crippen LogP contribution is -2.09. The lowest BCUT2D eigenvalue weighted by atomic mass is 10.1. The summed E-state index contributed by atoms with van der Waals surface area (Å²) in [7, 11) is 0. The molecule has 0 heterocycles. The van der Waals surface area contributed by atoms with Crippen LogP contribution in [-0.4, -0.2) is 18.7 Å². The van der Waals surface area contributed by atoms with Crippen LogP contribution < -0.4 is 4.74 Å². The Morgan fingerprint density at radius 2 is 1.89 bits per heavy atom. The van der Waals surface area contributed by atoms with Crippen molar-refractivity contribution in [3.05, 3.63) is 42.0 Å². The molecule has 0 aliphatic rings. The van der Waals surface area contributed by atoms with Gasteiger partial charge in [-0.25, -0.2) is 4.79 Å². The predicted molar refractivity (Wildman–Crippen MR) is 71.7 cm³/mol. The maximum atomic E-state index is 11.4. The summed E-state index contributed by atoms with van der Waals surface area (Å²) in [4.78, 5) is 11.4. The first-order valence-electron chi connectivity index (χ1n) is 6.13. The highest BCUT2D eigenvalue weighted by atomic mass is 16.5. The molecule has 0 saturated heterocycles. The molecular formula is C15H20O3. The van der Waals surface area contributed by atoms with Gasteiger partial charge in [-0.15, -0.1) is 0 Å². The third-order valence-corrected chi connectivity index (χ3v) is 2.28. The molecule has 0 atom stereocenters. The summed E-state index contributed by atoms with van der Waals surface area (Å²) >= 11 is 0. The van der Waals surface area contributed by atoms with Gasteiger partial charge >= 0.3 is 5.97 Å². The largest absolute Gasteiger partial charge is 0.491 e. The summed E-state index contributed by atoms with van der Waals surface area (Å²) in [6.45, 7) is 9.85. The standard InChI is InChI=1S/C15H20O3/c1-5-17-15(16)12(4)10-13-6-8-14(9-7-13)18-11(2)3/h6-9,11H,4-5,10H2,1-3H3. The number of rotatable bonds is 6. The molecule has 0 aliphatic heterocycles. The number of benzene rings is 1. The minimum Gasteiger partial charge on any atom is -0.491 e. The fourth-order valence-electron chi connectivity index (χ4n) is 1.51. The van der Waals surface area contributed by atoms with E-state index < -0.39 is 0 Å². The Labute approximate surface area is 108 Å². The second kappa shape index (κ2) is 6.84. The number of hydrogen-bond acceptors (Lipinski definition) is 3. The average Bonchev–Trinajstić information content (AvgIpc) is 2.31. The van der Waals surface area contributed by atoms with E-state index >= 15 is 0 Å². The van der Waals surface area contributed by atoms with Crippen LogP contribution in [0.15, 0.2) is 36.4 Å². The molecule has 0 spiro atoms. The zero-order valence-electron chi connectivity index (χ0n) is 11.2. The van der Waals surface area contributed by atoms with E-state index in [1.807, 2.05) is 38.1 Å². The normalized spacial score (nSPS) is 10.2. The lowest BCUT2D eigenvalue weighted by Gasteiger charge is -2.10. The van der Waals surface area contributed by atoms with E-state index in [0.29, 0.717) is 18.6 Å². The Hall–Kier alpha value is -1.77. The number of carbonyl (C=O) groups is 1. The van der Waals surface area contributed by atoms with Gasteiger partial charge in [0, 0.05) is 12.0 Å². The SMILES string of the molecule is C=C(Cc1ccc(OC(C)C)cc1)C(=O)OCC. The number of ether oxygens (including phenoxy) is 2. The monoisotopic (exact) mass is 248 g/mol. The topological polar surface area (TPSA) is 35.5 Å². The highest BCUT2D eigenvalue weighted by Crippen LogP contribution is 2.16. The summed E-state index contributed by atoms with van der Waals surface area (Å²) in [6, 6.07) is 7.66. The van der Waals surface area contributed by atoms with Gasteiger partial charge in [0.25, 0.3) is 0 Å². The predicted octanol–water partition coefficient (Wildman–Crippen LogP) is 3.14. The molecule has 18 heavy (non-hydrogen) atoms. The van der Waals surface area contributed by atoms with Crippen LogP contribution in [0.1, 0.15) is 26.3 Å². The number of carbonyl (C=O) groups excluding carboxylic acids is 1. The first-order chi connectivity index (χ1) is 8.52. The highest BCUT2D eigenvalue weighted by molar-refractivity contribution is 5.88. The zero-order valence-corrected chi connectivity index (χ0v) is 11.2. The van der Waals surface area contributed by atoms with Crippen LogP contribution in [0.25, 0.3) is 0 Å². The minimum atomic E-state index is -0.333. The van der Waals surface area contributed by atoms with Crippen LogP contribution in [0.4, 0.5) is 0 Å². The number of esters is 1. The molecule has 0 aliphatic carbocycles. The van der Waals surface area contributed by atoms with Gasteiger partial charge in [-0.1, -0.05) is 18.7 Å². The van der Waals surface area contributed by atoms with Crippen LogP contribution in [0.2, 0.25) is 0 Å². The van der Waals surface area contributed by atoms with Crippen molar-refractivity contribution in [1.29, 1.82) is 0 Å². The Balaban J connectivity index is 2.58. The van der Waals surface area contributed by atoms with Crippen LogP contribution >= 0.6 is 0 Å². The number of hydrogen-bond donors (Lipinski definition) is 0. The van der Waals surface area contributed by atoms with E-state index in [0.717, 1.165) is 11.3 Å². The molecule has 0 unspecified atom stereocenters. The molecule has 1 aromatic rings. The van der Waals surface area contributed by atoms with E-state index in [-0.39, 0.29) is 12.1 Å². The first kappa shape index (κ1) is 14.3. The Kier molecular flexibility index (Phi) is 5.43. The van der Waals surface area contributed by atoms with Gasteiger partial charge in [-0.3, -0.25) is 0 Å². The molecule has 3 heteroatoms. The molecule has 0 aromatic heterocycles. The van der Waals surface area contributed by atoms with E-state index in [2.05, 4.69) is 6.58 Å². The van der Waals surface area contributed by atoms with Gasteiger partial charge in [0.05, 0.1) is 12.7 Å². The summed E-state index contributed by atoms with van der Waals surface area (Å²) in [5.41, 5.74) is 1.48. The smallest absolute Gasteiger partial charge is 0.333 e. The quantitative estimate of drug-likeness (QED) is 0.573. The van der Waals surface area contributed by atoms with Crippen molar-refractivity contribution in [2.75, 3.05) is 6.61 Å². The second-order valence-electron chi connectivity index (χ2n) is 4.31. The maximum absolute atomic E-state index is 11.4. The van der Waals surface area contributed by atoms with Crippen LogP contribution in [0.3, 0.4) is 0 Å². The van der Waals surface area contributed by atoms with Crippen molar-refractivity contribution in [2.45, 2.75) is 33.3 Å². The minimum absolute atomic E-state index is 0.158. The van der Waals surface area contributed by atoms with Gasteiger partial charge in [-0.05, 0) is 38.5 Å². The van der Waals surface area contributed by atoms with Crippen molar-refractivity contribution < 1.29 is 14.3 Å². The van der Waals surface area contributed by atoms with Gasteiger partial charge < -0.3 is 9.47 Å². The maximum Gasteiger partial charge on any atom is 0.333 e. The van der Waals surface area contributed by atoms with Crippen molar-refractivity contribution >= 4 is 5.97 Å². The van der Waals surface area contributed by atoms with Crippen LogP contribution in [0, 0.1) is 0 Å². The van der Waals surface area contributed by atoms with Crippen LogP contribution in [0.5, 0.6) is 5.75 Å². The second-order valence-corrected chi connectivity index (χ2v) is 4.31. The molecule has 0 saturated carbocycles. The summed E-state index contributed by atoms with van der Waals surface area (Å²) < 4.78 is 10.4. The van der Waals surface area contributed by atoms with Crippen molar-refractivity contribution in [3.8, 4) is 5.75 Å². The fraction of sp³-hybridized carbons (Fsp3) is 0.400. The molecule has 1 aromatic carbocycles. The molecule has 3 nitrogen and oxygen atoms in total. The van der Waals surface area contributed by atoms with Gasteiger partial charge in [0.15, 0.2) is 0 Å². The molecule has 98 valence electrons. The molecular weight excluding hydrogens is 228 g/mol. The van der Waals surface area contributed by atoms with Crippen LogP contribution in [-0.2, 0) is 16.0 Å². The highest BCUT2D eigenvalue weighted by Gasteiger charge is 2.08. The molecule has 0 bridgehead atoms. The molecule has 0 radical (unpaired) electrons. The van der Waals surface area contributed by atoms with Crippen molar-refractivity contribution in [1.82, 2.24) is 0 Å². The van der Waals surface area contributed by atoms with Crippen molar-refractivity contribution in [2.24, 2.45) is 0 Å². The average molecular weight is 248 g/mol. The van der Waals surface area contributed by atoms with E-state index in [9.17, 15) is 4.79 Å². The Bertz CT molecular complexity index is 404. The van der Waals surface area contributed by atoms with E-state index in [1.54, 1.807) is 6.92 Å². The summed E-state index contributed by atoms with van der Waals surface area (Å²) in [5.74, 6) is 0.496. The summed E-state index contributed by atoms with van der Waals surface area (Å²) in [5, 5.41) is 0. The molecule has 0 fully saturated rings. The van der Waals surface area contributed by atoms with Gasteiger partial charge in [0.2, 0.25) is 0 Å². The third kappa shape index (κ3) is 4.62. The molecule has 0 N–H and O–H groups in total. The first-order valence-corrected chi connectivity index (χ1v) is 6.13. The Morgan fingerprint density at radius 3 is 2.39 bits per heavy atom. The van der Waals surface area contributed by atoms with E-state index in [1.165, 1.54) is 0 Å². The van der Waals surface area contributed by atoms with Crippen molar-refractivity contribution in [3.63, 3.8) is 0 Å². The Morgan fingerprint density at radius 1 is 1.28 bits per heavy atom. The summed E-state index contributed by atoms with van der Waals surface area (Å²) in [6.07, 6.45) is 0.659. The van der Waals surface area contributed by atoms with Gasteiger partial charge in [0.1, 0.15) is 5.75 Å². The molecule has 1 rings (SSSR count). The molecule has 0 amide bonds. The lowest BCUT2D eigenvalue weighted by molar-refractivity contribution is -0.138. The fourth-order valence-corrected chi connectivity index (χ4v) is 1.51.